The van der Waals surface area contributed by atoms with Gasteiger partial charge in [0, 0.05) is 25.7 Å². The summed E-state index contributed by atoms with van der Waals surface area (Å²) in [6.07, 6.45) is 3.79. The van der Waals surface area contributed by atoms with Crippen LogP contribution < -0.4 is 10.5 Å². The summed E-state index contributed by atoms with van der Waals surface area (Å²) in [5.41, 5.74) is 7.92. The Labute approximate surface area is 127 Å². The second-order valence-electron chi connectivity index (χ2n) is 5.49. The SMILES string of the molecule is CCc1ccc(CNS(=O)(=O)N2CCCCC2CN)cc1. The molecule has 0 spiro atoms. The van der Waals surface area contributed by atoms with Gasteiger partial charge in [0.05, 0.1) is 0 Å². The molecule has 2 rings (SSSR count). The Morgan fingerprint density at radius 1 is 1.24 bits per heavy atom. The van der Waals surface area contributed by atoms with Gasteiger partial charge in [-0.25, -0.2) is 0 Å². The third kappa shape index (κ3) is 4.26. The molecule has 1 fully saturated rings. The van der Waals surface area contributed by atoms with E-state index in [1.54, 1.807) is 0 Å². The highest BCUT2D eigenvalue weighted by Crippen LogP contribution is 2.19. The van der Waals surface area contributed by atoms with Crippen LogP contribution in [0.4, 0.5) is 0 Å². The first-order valence-electron chi connectivity index (χ1n) is 7.61. The van der Waals surface area contributed by atoms with Gasteiger partial charge in [-0.3, -0.25) is 0 Å². The molecule has 1 aliphatic rings. The number of nitrogens with zero attached hydrogens (tertiary/aromatic N) is 1. The fourth-order valence-electron chi connectivity index (χ4n) is 2.68. The molecular formula is C15H25N3O2S. The van der Waals surface area contributed by atoms with Crippen LogP contribution >= 0.6 is 0 Å². The fourth-order valence-corrected chi connectivity index (χ4v) is 4.14. The summed E-state index contributed by atoms with van der Waals surface area (Å²) in [7, 11) is -3.46. The average Bonchev–Trinajstić information content (AvgIpc) is 2.53. The number of piperidine rings is 1. The van der Waals surface area contributed by atoms with Crippen molar-refractivity contribution < 1.29 is 8.42 Å². The van der Waals surface area contributed by atoms with E-state index in [1.165, 1.54) is 9.87 Å². The van der Waals surface area contributed by atoms with Crippen LogP contribution in [0.15, 0.2) is 24.3 Å². The lowest BCUT2D eigenvalue weighted by molar-refractivity contribution is 0.254. The van der Waals surface area contributed by atoms with Crippen LogP contribution in [0.2, 0.25) is 0 Å². The van der Waals surface area contributed by atoms with Crippen LogP contribution in [0.5, 0.6) is 0 Å². The van der Waals surface area contributed by atoms with Gasteiger partial charge in [0.2, 0.25) is 0 Å². The topological polar surface area (TPSA) is 75.4 Å². The Bertz CT molecular complexity index is 543. The van der Waals surface area contributed by atoms with Crippen LogP contribution in [0.3, 0.4) is 0 Å². The highest BCUT2D eigenvalue weighted by molar-refractivity contribution is 7.87. The largest absolute Gasteiger partial charge is 0.329 e. The number of rotatable bonds is 6. The van der Waals surface area contributed by atoms with Crippen LogP contribution in [0.1, 0.15) is 37.3 Å². The molecule has 1 unspecified atom stereocenters. The van der Waals surface area contributed by atoms with E-state index in [0.29, 0.717) is 19.6 Å². The molecule has 3 N–H and O–H groups in total. The van der Waals surface area contributed by atoms with E-state index in [-0.39, 0.29) is 6.04 Å². The zero-order valence-corrected chi connectivity index (χ0v) is 13.4. The van der Waals surface area contributed by atoms with Gasteiger partial charge in [-0.15, -0.1) is 0 Å². The van der Waals surface area contributed by atoms with Gasteiger partial charge >= 0.3 is 0 Å². The Kier molecular flexibility index (Phi) is 5.75. The van der Waals surface area contributed by atoms with Crippen LogP contribution in [-0.2, 0) is 23.2 Å². The van der Waals surface area contributed by atoms with Crippen molar-refractivity contribution in [2.45, 2.75) is 45.2 Å². The number of benzene rings is 1. The smallest absolute Gasteiger partial charge is 0.280 e. The molecule has 1 saturated heterocycles. The number of nitrogens with one attached hydrogen (secondary N) is 1. The summed E-state index contributed by atoms with van der Waals surface area (Å²) in [6, 6.07) is 7.94. The van der Waals surface area contributed by atoms with Crippen molar-refractivity contribution in [3.63, 3.8) is 0 Å². The lowest BCUT2D eigenvalue weighted by atomic mass is 10.1. The van der Waals surface area contributed by atoms with Crippen LogP contribution in [0, 0.1) is 0 Å². The fraction of sp³-hybridized carbons (Fsp3) is 0.600. The minimum absolute atomic E-state index is 0.0706. The number of hydrogen-bond donors (Lipinski definition) is 2. The predicted octanol–water partition coefficient (Wildman–Crippen LogP) is 1.40. The Morgan fingerprint density at radius 3 is 2.52 bits per heavy atom. The zero-order valence-electron chi connectivity index (χ0n) is 12.6. The molecule has 5 nitrogen and oxygen atoms in total. The van der Waals surface area contributed by atoms with E-state index < -0.39 is 10.2 Å². The highest BCUT2D eigenvalue weighted by atomic mass is 32.2. The van der Waals surface area contributed by atoms with E-state index in [9.17, 15) is 8.42 Å². The molecule has 0 aliphatic carbocycles. The molecule has 1 aromatic rings. The molecule has 0 saturated carbocycles. The van der Waals surface area contributed by atoms with Gasteiger partial charge in [0.15, 0.2) is 0 Å². The normalized spacial score (nSPS) is 20.6. The highest BCUT2D eigenvalue weighted by Gasteiger charge is 2.30. The van der Waals surface area contributed by atoms with E-state index in [1.807, 2.05) is 24.3 Å². The lowest BCUT2D eigenvalue weighted by Gasteiger charge is -2.33. The first kappa shape index (κ1) is 16.4. The molecule has 1 aliphatic heterocycles. The molecule has 21 heavy (non-hydrogen) atoms. The molecule has 0 bridgehead atoms. The average molecular weight is 311 g/mol. The van der Waals surface area contributed by atoms with Crippen molar-refractivity contribution in [2.75, 3.05) is 13.1 Å². The van der Waals surface area contributed by atoms with Crippen LogP contribution in [0.25, 0.3) is 0 Å². The van der Waals surface area contributed by atoms with E-state index in [4.69, 9.17) is 5.73 Å². The molecule has 0 amide bonds. The first-order valence-corrected chi connectivity index (χ1v) is 9.05. The van der Waals surface area contributed by atoms with Gasteiger partial charge in [-0.2, -0.15) is 17.4 Å². The van der Waals surface area contributed by atoms with Crippen molar-refractivity contribution in [1.82, 2.24) is 9.03 Å². The molecule has 1 atom stereocenters. The van der Waals surface area contributed by atoms with E-state index >= 15 is 0 Å². The Balaban J connectivity index is 1.99. The van der Waals surface area contributed by atoms with Gasteiger partial charge in [-0.1, -0.05) is 37.6 Å². The van der Waals surface area contributed by atoms with Crippen molar-refractivity contribution in [3.05, 3.63) is 35.4 Å². The number of nitrogens with two attached hydrogens (primary N) is 1. The maximum Gasteiger partial charge on any atom is 0.280 e. The second-order valence-corrected chi connectivity index (χ2v) is 7.20. The van der Waals surface area contributed by atoms with Gasteiger partial charge in [0.1, 0.15) is 0 Å². The lowest BCUT2D eigenvalue weighted by Crippen LogP contribution is -2.51. The van der Waals surface area contributed by atoms with Crippen molar-refractivity contribution >= 4 is 10.2 Å². The minimum atomic E-state index is -3.46. The van der Waals surface area contributed by atoms with Gasteiger partial charge < -0.3 is 5.73 Å². The van der Waals surface area contributed by atoms with Gasteiger partial charge in [0.25, 0.3) is 10.2 Å². The molecular weight excluding hydrogens is 286 g/mol. The summed E-state index contributed by atoms with van der Waals surface area (Å²) in [4.78, 5) is 0. The molecule has 118 valence electrons. The molecule has 6 heteroatoms. The summed E-state index contributed by atoms with van der Waals surface area (Å²) < 4.78 is 29.0. The van der Waals surface area contributed by atoms with Crippen molar-refractivity contribution in [2.24, 2.45) is 5.73 Å². The maximum atomic E-state index is 12.4. The number of aryl methyl sites for hydroxylation is 1. The Morgan fingerprint density at radius 2 is 1.90 bits per heavy atom. The monoisotopic (exact) mass is 311 g/mol. The standard InChI is InChI=1S/C15H25N3O2S/c1-2-13-6-8-14(9-7-13)12-17-21(19,20)18-10-4-3-5-15(18)11-16/h6-9,15,17H,2-5,10-12,16H2,1H3. The summed E-state index contributed by atoms with van der Waals surface area (Å²) in [6.45, 7) is 3.36. The third-order valence-corrected chi connectivity index (χ3v) is 5.65. The van der Waals surface area contributed by atoms with E-state index in [0.717, 1.165) is 31.2 Å². The molecule has 0 aromatic heterocycles. The molecule has 1 heterocycles. The molecule has 1 aromatic carbocycles. The van der Waals surface area contributed by atoms with Gasteiger partial charge in [-0.05, 0) is 30.4 Å². The predicted molar refractivity (Wildman–Crippen MR) is 85.0 cm³/mol. The van der Waals surface area contributed by atoms with E-state index in [2.05, 4.69) is 11.6 Å². The summed E-state index contributed by atoms with van der Waals surface area (Å²) in [5, 5.41) is 0. The third-order valence-electron chi connectivity index (χ3n) is 4.04. The van der Waals surface area contributed by atoms with Crippen LogP contribution in [-0.4, -0.2) is 31.9 Å². The summed E-state index contributed by atoms with van der Waals surface area (Å²) in [5.74, 6) is 0. The second kappa shape index (κ2) is 7.35. The maximum absolute atomic E-state index is 12.4. The summed E-state index contributed by atoms with van der Waals surface area (Å²) >= 11 is 0. The van der Waals surface area contributed by atoms with Crippen molar-refractivity contribution in [3.8, 4) is 0 Å². The van der Waals surface area contributed by atoms with Crippen molar-refractivity contribution in [1.29, 1.82) is 0 Å². The zero-order chi connectivity index (χ0) is 15.3. The Hall–Kier alpha value is -0.950. The number of hydrogen-bond acceptors (Lipinski definition) is 3. The first-order chi connectivity index (χ1) is 10.1. The quantitative estimate of drug-likeness (QED) is 0.834. The minimum Gasteiger partial charge on any atom is -0.329 e. The molecule has 0 radical (unpaired) electrons.